The Labute approximate surface area is 194 Å². The fourth-order valence-corrected chi connectivity index (χ4v) is 4.37. The number of carbonyl (C=O) groups excluding carboxylic acids is 1. The average Bonchev–Trinajstić information content (AvgIpc) is 3.21. The van der Waals surface area contributed by atoms with Crippen molar-refractivity contribution >= 4 is 40.9 Å². The van der Waals surface area contributed by atoms with Gasteiger partial charge in [0, 0.05) is 23.8 Å². The number of rotatable bonds is 6. The second-order valence-corrected chi connectivity index (χ2v) is 9.07. The summed E-state index contributed by atoms with van der Waals surface area (Å²) in [5, 5.41) is 12.2. The number of nitrogens with zero attached hydrogens (tertiary/aromatic N) is 4. The molecule has 168 valence electrons. The molecule has 0 spiro atoms. The van der Waals surface area contributed by atoms with Crippen LogP contribution in [0.4, 0.5) is 16.0 Å². The fourth-order valence-electron chi connectivity index (χ4n) is 3.34. The van der Waals surface area contributed by atoms with E-state index in [0.717, 1.165) is 5.56 Å². The van der Waals surface area contributed by atoms with Gasteiger partial charge in [-0.2, -0.15) is 0 Å². The number of benzene rings is 2. The molecule has 3 aromatic rings. The van der Waals surface area contributed by atoms with Crippen LogP contribution in [0.2, 0.25) is 5.02 Å². The number of halogens is 2. The van der Waals surface area contributed by atoms with Gasteiger partial charge in [0.1, 0.15) is 5.82 Å². The highest BCUT2D eigenvalue weighted by Gasteiger charge is 2.25. The first-order chi connectivity index (χ1) is 15.4. The van der Waals surface area contributed by atoms with Crippen LogP contribution in [-0.2, 0) is 9.53 Å². The van der Waals surface area contributed by atoms with Crippen molar-refractivity contribution in [1.29, 1.82) is 0 Å². The standard InChI is InChI=1S/C22H23ClFN5O2S/c1-14-18(23)7-4-8-19(14)25-20(30)15(2)32-22-27-26-21(28-9-11-31-12-10-28)29(22)17-6-3-5-16(24)13-17/h3-8,13,15H,9-12H2,1-2H3,(H,25,30). The Morgan fingerprint density at radius 3 is 2.72 bits per heavy atom. The zero-order valence-corrected chi connectivity index (χ0v) is 19.3. The third-order valence-corrected chi connectivity index (χ3v) is 6.61. The SMILES string of the molecule is Cc1c(Cl)cccc1NC(=O)C(C)Sc1nnc(N2CCOCC2)n1-c1cccc(F)c1. The van der Waals surface area contributed by atoms with Crippen molar-refractivity contribution < 1.29 is 13.9 Å². The van der Waals surface area contributed by atoms with Gasteiger partial charge in [0.15, 0.2) is 5.16 Å². The van der Waals surface area contributed by atoms with Crippen LogP contribution in [0, 0.1) is 12.7 Å². The summed E-state index contributed by atoms with van der Waals surface area (Å²) in [6.07, 6.45) is 0. The zero-order chi connectivity index (χ0) is 22.7. The molecule has 1 aliphatic rings. The Hall–Kier alpha value is -2.62. The monoisotopic (exact) mass is 475 g/mol. The highest BCUT2D eigenvalue weighted by Crippen LogP contribution is 2.31. The maximum Gasteiger partial charge on any atom is 0.237 e. The fraction of sp³-hybridized carbons (Fsp3) is 0.318. The molecule has 1 unspecified atom stereocenters. The van der Waals surface area contributed by atoms with E-state index in [2.05, 4.69) is 15.5 Å². The van der Waals surface area contributed by atoms with Crippen molar-refractivity contribution in [2.45, 2.75) is 24.3 Å². The lowest BCUT2D eigenvalue weighted by atomic mass is 10.2. The topological polar surface area (TPSA) is 72.3 Å². The van der Waals surface area contributed by atoms with Crippen molar-refractivity contribution in [3.63, 3.8) is 0 Å². The number of amides is 1. The van der Waals surface area contributed by atoms with Gasteiger partial charge in [-0.1, -0.05) is 35.5 Å². The van der Waals surface area contributed by atoms with Gasteiger partial charge in [-0.3, -0.25) is 9.36 Å². The molecule has 1 aliphatic heterocycles. The second-order valence-electron chi connectivity index (χ2n) is 7.36. The van der Waals surface area contributed by atoms with Crippen LogP contribution < -0.4 is 10.2 Å². The van der Waals surface area contributed by atoms with E-state index in [4.69, 9.17) is 16.3 Å². The van der Waals surface area contributed by atoms with Gasteiger partial charge in [-0.15, -0.1) is 10.2 Å². The van der Waals surface area contributed by atoms with E-state index in [1.165, 1.54) is 23.9 Å². The summed E-state index contributed by atoms with van der Waals surface area (Å²) < 4.78 is 21.2. The molecule has 1 fully saturated rings. The lowest BCUT2D eigenvalue weighted by Gasteiger charge is -2.28. The number of nitrogens with one attached hydrogen (secondary N) is 1. The summed E-state index contributed by atoms with van der Waals surface area (Å²) in [7, 11) is 0. The smallest absolute Gasteiger partial charge is 0.237 e. The van der Waals surface area contributed by atoms with Gasteiger partial charge in [-0.05, 0) is 49.7 Å². The minimum atomic E-state index is -0.484. The summed E-state index contributed by atoms with van der Waals surface area (Å²) in [5.41, 5.74) is 2.06. The van der Waals surface area contributed by atoms with Crippen LogP contribution in [0.25, 0.3) is 5.69 Å². The first kappa shape index (κ1) is 22.6. The molecule has 1 atom stereocenters. The molecule has 1 saturated heterocycles. The highest BCUT2D eigenvalue weighted by molar-refractivity contribution is 8.00. The predicted molar refractivity (Wildman–Crippen MR) is 124 cm³/mol. The number of morpholine rings is 1. The maximum atomic E-state index is 14.0. The number of hydrogen-bond donors (Lipinski definition) is 1. The van der Waals surface area contributed by atoms with Crippen molar-refractivity contribution in [3.8, 4) is 5.69 Å². The number of ether oxygens (including phenoxy) is 1. The van der Waals surface area contributed by atoms with Gasteiger partial charge in [-0.25, -0.2) is 4.39 Å². The van der Waals surface area contributed by atoms with Crippen LogP contribution in [0.1, 0.15) is 12.5 Å². The molecule has 0 saturated carbocycles. The molecule has 10 heteroatoms. The Morgan fingerprint density at radius 2 is 1.97 bits per heavy atom. The van der Waals surface area contributed by atoms with Crippen LogP contribution in [0.3, 0.4) is 0 Å². The molecule has 4 rings (SSSR count). The molecule has 2 heterocycles. The summed E-state index contributed by atoms with van der Waals surface area (Å²) >= 11 is 7.42. The lowest BCUT2D eigenvalue weighted by Crippen LogP contribution is -2.38. The molecular weight excluding hydrogens is 453 g/mol. The number of thioether (sulfide) groups is 1. The summed E-state index contributed by atoms with van der Waals surface area (Å²) in [6.45, 7) is 6.11. The quantitative estimate of drug-likeness (QED) is 0.535. The van der Waals surface area contributed by atoms with Gasteiger partial charge < -0.3 is 15.0 Å². The predicted octanol–water partition coefficient (Wildman–Crippen LogP) is 4.32. The molecular formula is C22H23ClFN5O2S. The zero-order valence-electron chi connectivity index (χ0n) is 17.7. The molecule has 7 nitrogen and oxygen atoms in total. The van der Waals surface area contributed by atoms with Gasteiger partial charge >= 0.3 is 0 Å². The van der Waals surface area contributed by atoms with Crippen LogP contribution in [-0.4, -0.2) is 52.2 Å². The minimum Gasteiger partial charge on any atom is -0.378 e. The summed E-state index contributed by atoms with van der Waals surface area (Å²) in [6, 6.07) is 11.6. The third kappa shape index (κ3) is 4.90. The molecule has 0 bridgehead atoms. The first-order valence-electron chi connectivity index (χ1n) is 10.2. The van der Waals surface area contributed by atoms with Gasteiger partial charge in [0.25, 0.3) is 0 Å². The normalized spacial score (nSPS) is 14.9. The van der Waals surface area contributed by atoms with E-state index < -0.39 is 5.25 Å². The number of aromatic nitrogens is 3. The van der Waals surface area contributed by atoms with E-state index in [1.54, 1.807) is 35.8 Å². The molecule has 1 aromatic heterocycles. The largest absolute Gasteiger partial charge is 0.378 e. The average molecular weight is 476 g/mol. The second kappa shape index (κ2) is 9.89. The Bertz CT molecular complexity index is 1120. The Morgan fingerprint density at radius 1 is 1.22 bits per heavy atom. The van der Waals surface area contributed by atoms with Crippen LogP contribution >= 0.6 is 23.4 Å². The summed E-state index contributed by atoms with van der Waals surface area (Å²) in [4.78, 5) is 14.9. The van der Waals surface area contributed by atoms with Gasteiger partial charge in [0.2, 0.25) is 11.9 Å². The van der Waals surface area contributed by atoms with E-state index in [0.29, 0.717) is 53.8 Å². The van der Waals surface area contributed by atoms with Crippen molar-refractivity contribution in [1.82, 2.24) is 14.8 Å². The number of carbonyl (C=O) groups is 1. The lowest BCUT2D eigenvalue weighted by molar-refractivity contribution is -0.115. The third-order valence-electron chi connectivity index (χ3n) is 5.15. The Kier molecular flexibility index (Phi) is 6.98. The number of hydrogen-bond acceptors (Lipinski definition) is 6. The highest BCUT2D eigenvalue weighted by atomic mass is 35.5. The molecule has 0 radical (unpaired) electrons. The molecule has 0 aliphatic carbocycles. The van der Waals surface area contributed by atoms with E-state index in [9.17, 15) is 9.18 Å². The minimum absolute atomic E-state index is 0.193. The van der Waals surface area contributed by atoms with E-state index in [1.807, 2.05) is 17.9 Å². The Balaban J connectivity index is 1.60. The molecule has 2 aromatic carbocycles. The molecule has 1 N–H and O–H groups in total. The molecule has 32 heavy (non-hydrogen) atoms. The van der Waals surface area contributed by atoms with Crippen molar-refractivity contribution in [3.05, 3.63) is 58.9 Å². The van der Waals surface area contributed by atoms with E-state index in [-0.39, 0.29) is 11.7 Å². The molecule has 1 amide bonds. The number of anilines is 2. The van der Waals surface area contributed by atoms with E-state index >= 15 is 0 Å². The summed E-state index contributed by atoms with van der Waals surface area (Å²) in [5.74, 6) is 0.0454. The van der Waals surface area contributed by atoms with Gasteiger partial charge in [0.05, 0.1) is 24.2 Å². The van der Waals surface area contributed by atoms with Crippen LogP contribution in [0.15, 0.2) is 47.6 Å². The van der Waals surface area contributed by atoms with Crippen LogP contribution in [0.5, 0.6) is 0 Å². The first-order valence-corrected chi connectivity index (χ1v) is 11.5. The van der Waals surface area contributed by atoms with Crippen molar-refractivity contribution in [2.24, 2.45) is 0 Å². The van der Waals surface area contributed by atoms with Crippen molar-refractivity contribution in [2.75, 3.05) is 36.5 Å². The maximum absolute atomic E-state index is 14.0.